The Bertz CT molecular complexity index is 879. The van der Waals surface area contributed by atoms with Gasteiger partial charge in [0.05, 0.1) is 12.6 Å². The van der Waals surface area contributed by atoms with Crippen LogP contribution in [0, 0.1) is 5.82 Å². The fraction of sp³-hybridized carbons (Fsp3) is 0.389. The van der Waals surface area contributed by atoms with Gasteiger partial charge < -0.3 is 5.32 Å². The van der Waals surface area contributed by atoms with Crippen molar-refractivity contribution in [2.45, 2.75) is 24.4 Å². The highest BCUT2D eigenvalue weighted by molar-refractivity contribution is 7.89. The first-order chi connectivity index (χ1) is 12.9. The van der Waals surface area contributed by atoms with Crippen molar-refractivity contribution in [1.29, 1.82) is 0 Å². The Balaban J connectivity index is 1.56. The number of hydrogen-bond donors (Lipinski definition) is 1. The summed E-state index contributed by atoms with van der Waals surface area (Å²) in [5.74, 6) is -0.838. The fourth-order valence-corrected chi connectivity index (χ4v) is 5.16. The summed E-state index contributed by atoms with van der Waals surface area (Å²) in [5, 5.41) is 4.86. The smallest absolute Gasteiger partial charge is 0.246 e. The molecule has 9 heteroatoms. The van der Waals surface area contributed by atoms with E-state index < -0.39 is 15.8 Å². The summed E-state index contributed by atoms with van der Waals surface area (Å²) < 4.78 is 40.4. The topological polar surface area (TPSA) is 69.7 Å². The van der Waals surface area contributed by atoms with Gasteiger partial charge in [0, 0.05) is 31.1 Å². The third-order valence-corrected chi connectivity index (χ3v) is 7.48. The van der Waals surface area contributed by atoms with Crippen molar-refractivity contribution in [2.75, 3.05) is 26.2 Å². The molecule has 0 aliphatic carbocycles. The predicted molar refractivity (Wildman–Crippen MR) is 102 cm³/mol. The van der Waals surface area contributed by atoms with E-state index in [0.29, 0.717) is 19.6 Å². The lowest BCUT2D eigenvalue weighted by molar-refractivity contribution is -0.126. The molecule has 27 heavy (non-hydrogen) atoms. The van der Waals surface area contributed by atoms with Crippen LogP contribution in [0.4, 0.5) is 4.39 Å². The van der Waals surface area contributed by atoms with E-state index in [0.717, 1.165) is 10.9 Å². The average molecular weight is 412 g/mol. The van der Waals surface area contributed by atoms with Crippen LogP contribution in [0.2, 0.25) is 0 Å². The van der Waals surface area contributed by atoms with Crippen LogP contribution in [-0.2, 0) is 21.4 Å². The molecular weight excluding hydrogens is 389 g/mol. The zero-order valence-corrected chi connectivity index (χ0v) is 16.6. The van der Waals surface area contributed by atoms with E-state index in [-0.39, 0.29) is 29.9 Å². The molecule has 0 radical (unpaired) electrons. The lowest BCUT2D eigenvalue weighted by atomic mass is 10.2. The van der Waals surface area contributed by atoms with Crippen LogP contribution < -0.4 is 5.32 Å². The molecule has 1 fully saturated rings. The molecule has 1 aliphatic rings. The summed E-state index contributed by atoms with van der Waals surface area (Å²) in [4.78, 5) is 15.1. The number of carbonyl (C=O) groups is 1. The number of hydrogen-bond acceptors (Lipinski definition) is 5. The predicted octanol–water partition coefficient (Wildman–Crippen LogP) is 1.90. The van der Waals surface area contributed by atoms with Crippen LogP contribution in [0.1, 0.15) is 11.8 Å². The molecule has 1 N–H and O–H groups in total. The van der Waals surface area contributed by atoms with Gasteiger partial charge >= 0.3 is 0 Å². The Morgan fingerprint density at radius 2 is 1.89 bits per heavy atom. The number of piperazine rings is 1. The first-order valence-corrected chi connectivity index (χ1v) is 11.0. The maximum Gasteiger partial charge on any atom is 0.246 e. The first kappa shape index (κ1) is 19.9. The number of carbonyl (C=O) groups excluding carboxylic acids is 1. The Hall–Kier alpha value is -1.81. The standard InChI is InChI=1S/C18H22FN3O3S2/c1-14(18(23)20-13-15-5-4-12-26-15)21-8-10-22(11-9-21)27(24,25)17-7-3-2-6-16(17)19/h2-7,12,14H,8-11,13H2,1H3,(H,20,23)/t14-/m0/s1. The van der Waals surface area contributed by atoms with Crippen molar-refractivity contribution in [3.63, 3.8) is 0 Å². The quantitative estimate of drug-likeness (QED) is 0.788. The van der Waals surface area contributed by atoms with E-state index in [4.69, 9.17) is 0 Å². The first-order valence-electron chi connectivity index (χ1n) is 8.68. The summed E-state index contributed by atoms with van der Waals surface area (Å²) in [7, 11) is -3.87. The largest absolute Gasteiger partial charge is 0.350 e. The van der Waals surface area contributed by atoms with Gasteiger partial charge in [0.2, 0.25) is 15.9 Å². The van der Waals surface area contributed by atoms with Gasteiger partial charge in [-0.3, -0.25) is 9.69 Å². The van der Waals surface area contributed by atoms with Crippen molar-refractivity contribution >= 4 is 27.3 Å². The molecule has 0 unspecified atom stereocenters. The molecule has 1 aromatic carbocycles. The molecule has 0 spiro atoms. The Morgan fingerprint density at radius 3 is 2.52 bits per heavy atom. The minimum absolute atomic E-state index is 0.0891. The molecule has 1 amide bonds. The van der Waals surface area contributed by atoms with E-state index in [1.165, 1.54) is 22.5 Å². The fourth-order valence-electron chi connectivity index (χ4n) is 3.03. The van der Waals surface area contributed by atoms with Crippen molar-refractivity contribution < 1.29 is 17.6 Å². The van der Waals surface area contributed by atoms with Gasteiger partial charge in [0.15, 0.2) is 0 Å². The molecule has 1 atom stereocenters. The zero-order chi connectivity index (χ0) is 19.4. The molecule has 6 nitrogen and oxygen atoms in total. The minimum atomic E-state index is -3.87. The highest BCUT2D eigenvalue weighted by atomic mass is 32.2. The van der Waals surface area contributed by atoms with Gasteiger partial charge in [-0.05, 0) is 30.5 Å². The van der Waals surface area contributed by atoms with Gasteiger partial charge in [-0.25, -0.2) is 12.8 Å². The van der Waals surface area contributed by atoms with Gasteiger partial charge in [-0.2, -0.15) is 4.31 Å². The summed E-state index contributed by atoms with van der Waals surface area (Å²) in [5.41, 5.74) is 0. The normalized spacial score (nSPS) is 17.6. The van der Waals surface area contributed by atoms with Crippen molar-refractivity contribution in [3.8, 4) is 0 Å². The van der Waals surface area contributed by atoms with Crippen LogP contribution in [0.25, 0.3) is 0 Å². The summed E-state index contributed by atoms with van der Waals surface area (Å²) in [6, 6.07) is 8.92. The lowest BCUT2D eigenvalue weighted by Gasteiger charge is -2.36. The van der Waals surface area contributed by atoms with Crippen LogP contribution in [0.5, 0.6) is 0 Å². The average Bonchev–Trinajstić information content (AvgIpc) is 3.19. The molecule has 0 saturated carbocycles. The van der Waals surface area contributed by atoms with E-state index in [1.807, 2.05) is 29.3 Å². The van der Waals surface area contributed by atoms with Gasteiger partial charge in [-0.15, -0.1) is 11.3 Å². The lowest BCUT2D eigenvalue weighted by Crippen LogP contribution is -2.54. The molecule has 2 aromatic rings. The maximum absolute atomic E-state index is 13.9. The van der Waals surface area contributed by atoms with Gasteiger partial charge in [0.1, 0.15) is 10.7 Å². The third-order valence-electron chi connectivity index (χ3n) is 4.67. The number of nitrogens with zero attached hydrogens (tertiary/aromatic N) is 2. The number of halogens is 1. The molecular formula is C18H22FN3O3S2. The Morgan fingerprint density at radius 1 is 1.19 bits per heavy atom. The van der Waals surface area contributed by atoms with Crippen LogP contribution in [-0.4, -0.2) is 55.8 Å². The monoisotopic (exact) mass is 411 g/mol. The van der Waals surface area contributed by atoms with Crippen molar-refractivity contribution in [2.24, 2.45) is 0 Å². The Labute approximate surface area is 162 Å². The van der Waals surface area contributed by atoms with E-state index in [1.54, 1.807) is 11.3 Å². The second kappa shape index (κ2) is 8.47. The highest BCUT2D eigenvalue weighted by Gasteiger charge is 2.33. The van der Waals surface area contributed by atoms with Gasteiger partial charge in [0.25, 0.3) is 0 Å². The molecule has 0 bridgehead atoms. The van der Waals surface area contributed by atoms with Crippen LogP contribution in [0.15, 0.2) is 46.7 Å². The molecule has 1 aromatic heterocycles. The number of benzene rings is 1. The third kappa shape index (κ3) is 4.55. The minimum Gasteiger partial charge on any atom is -0.350 e. The van der Waals surface area contributed by atoms with Gasteiger partial charge in [-0.1, -0.05) is 18.2 Å². The second-order valence-corrected chi connectivity index (χ2v) is 9.28. The van der Waals surface area contributed by atoms with E-state index in [9.17, 15) is 17.6 Å². The molecule has 1 aliphatic heterocycles. The Kier molecular flexibility index (Phi) is 6.25. The van der Waals surface area contributed by atoms with Crippen molar-refractivity contribution in [3.05, 3.63) is 52.5 Å². The van der Waals surface area contributed by atoms with E-state index >= 15 is 0 Å². The zero-order valence-electron chi connectivity index (χ0n) is 15.0. The van der Waals surface area contributed by atoms with E-state index in [2.05, 4.69) is 5.32 Å². The molecule has 2 heterocycles. The van der Waals surface area contributed by atoms with Crippen LogP contribution in [0.3, 0.4) is 0 Å². The number of sulfonamides is 1. The second-order valence-electron chi connectivity index (χ2n) is 6.34. The maximum atomic E-state index is 13.9. The van der Waals surface area contributed by atoms with Crippen molar-refractivity contribution in [1.82, 2.24) is 14.5 Å². The van der Waals surface area contributed by atoms with Crippen LogP contribution >= 0.6 is 11.3 Å². The summed E-state index contributed by atoms with van der Waals surface area (Å²) in [6.45, 7) is 3.58. The number of nitrogens with one attached hydrogen (secondary N) is 1. The SMILES string of the molecule is C[C@@H](C(=O)NCc1cccs1)N1CCN(S(=O)(=O)c2ccccc2F)CC1. The highest BCUT2D eigenvalue weighted by Crippen LogP contribution is 2.21. The number of rotatable bonds is 6. The molecule has 3 rings (SSSR count). The summed E-state index contributed by atoms with van der Waals surface area (Å²) >= 11 is 1.58. The molecule has 1 saturated heterocycles. The number of thiophene rings is 1. The summed E-state index contributed by atoms with van der Waals surface area (Å²) in [6.07, 6.45) is 0. The molecule has 146 valence electrons. The number of amides is 1.